The van der Waals surface area contributed by atoms with E-state index in [4.69, 9.17) is 0 Å². The number of alkyl halides is 3. The lowest BCUT2D eigenvalue weighted by molar-refractivity contribution is -0.274. The maximum Gasteiger partial charge on any atom is 0.573 e. The second kappa shape index (κ2) is 7.16. The van der Waals surface area contributed by atoms with Crippen LogP contribution in [0.15, 0.2) is 54.6 Å². The highest BCUT2D eigenvalue weighted by molar-refractivity contribution is 5.46. The van der Waals surface area contributed by atoms with Gasteiger partial charge < -0.3 is 9.64 Å². The molecule has 0 unspecified atom stereocenters. The van der Waals surface area contributed by atoms with Crippen molar-refractivity contribution in [1.29, 1.82) is 0 Å². The number of ether oxygens (including phenoxy) is 1. The van der Waals surface area contributed by atoms with Crippen molar-refractivity contribution in [3.8, 4) is 5.75 Å². The first-order valence-electron chi connectivity index (χ1n) is 8.14. The number of benzene rings is 2. The largest absolute Gasteiger partial charge is 0.573 e. The molecule has 1 saturated heterocycles. The Balaban J connectivity index is 1.55. The lowest BCUT2D eigenvalue weighted by Gasteiger charge is -2.33. The summed E-state index contributed by atoms with van der Waals surface area (Å²) in [5, 5.41) is 0. The molecule has 1 aliphatic rings. The van der Waals surface area contributed by atoms with Gasteiger partial charge in [-0.2, -0.15) is 0 Å². The summed E-state index contributed by atoms with van der Waals surface area (Å²) < 4.78 is 40.9. The molecule has 0 atom stereocenters. The summed E-state index contributed by atoms with van der Waals surface area (Å²) in [6.45, 7) is 1.96. The minimum atomic E-state index is -4.64. The van der Waals surface area contributed by atoms with E-state index in [2.05, 4.69) is 21.8 Å². The van der Waals surface area contributed by atoms with Gasteiger partial charge >= 0.3 is 6.36 Å². The fourth-order valence-electron chi connectivity index (χ4n) is 3.24. The lowest BCUT2D eigenvalue weighted by atomic mass is 9.90. The van der Waals surface area contributed by atoms with Crippen LogP contribution in [0.5, 0.6) is 5.75 Å². The van der Waals surface area contributed by atoms with Gasteiger partial charge in [-0.15, -0.1) is 13.2 Å². The highest BCUT2D eigenvalue weighted by Gasteiger charge is 2.31. The Hall–Kier alpha value is -2.17. The van der Waals surface area contributed by atoms with Crippen LogP contribution in [0, 0.1) is 5.92 Å². The third kappa shape index (κ3) is 4.66. The first-order chi connectivity index (χ1) is 11.5. The van der Waals surface area contributed by atoms with Gasteiger partial charge in [0, 0.05) is 18.8 Å². The van der Waals surface area contributed by atoms with Crippen molar-refractivity contribution in [2.45, 2.75) is 25.6 Å². The van der Waals surface area contributed by atoms with Crippen molar-refractivity contribution in [1.82, 2.24) is 0 Å². The third-order valence-corrected chi connectivity index (χ3v) is 4.39. The first kappa shape index (κ1) is 16.7. The van der Waals surface area contributed by atoms with Crippen LogP contribution in [0.2, 0.25) is 0 Å². The highest BCUT2D eigenvalue weighted by Crippen LogP contribution is 2.28. The Kier molecular flexibility index (Phi) is 4.97. The minimum absolute atomic E-state index is 0.137. The maximum atomic E-state index is 12.3. The van der Waals surface area contributed by atoms with E-state index in [1.165, 1.54) is 17.8 Å². The van der Waals surface area contributed by atoms with Crippen molar-refractivity contribution in [3.63, 3.8) is 0 Å². The Morgan fingerprint density at radius 2 is 1.67 bits per heavy atom. The van der Waals surface area contributed by atoms with E-state index in [-0.39, 0.29) is 5.75 Å². The van der Waals surface area contributed by atoms with Gasteiger partial charge in [-0.3, -0.25) is 0 Å². The molecule has 24 heavy (non-hydrogen) atoms. The van der Waals surface area contributed by atoms with E-state index in [1.54, 1.807) is 6.07 Å². The molecule has 128 valence electrons. The molecule has 0 spiro atoms. The van der Waals surface area contributed by atoms with Crippen LogP contribution in [0.4, 0.5) is 18.9 Å². The van der Waals surface area contributed by atoms with Gasteiger partial charge in [-0.05, 0) is 55.0 Å². The molecule has 3 rings (SSSR count). The van der Waals surface area contributed by atoms with E-state index in [0.29, 0.717) is 5.92 Å². The molecule has 5 heteroatoms. The van der Waals surface area contributed by atoms with E-state index in [9.17, 15) is 13.2 Å². The van der Waals surface area contributed by atoms with Crippen LogP contribution in [-0.4, -0.2) is 19.5 Å². The molecule has 0 bridgehead atoms. The quantitative estimate of drug-likeness (QED) is 0.776. The van der Waals surface area contributed by atoms with Crippen molar-refractivity contribution < 1.29 is 17.9 Å². The summed E-state index contributed by atoms with van der Waals surface area (Å²) in [6, 6.07) is 16.6. The van der Waals surface area contributed by atoms with E-state index >= 15 is 0 Å². The predicted octanol–water partition coefficient (Wildman–Crippen LogP) is 5.04. The Bertz CT molecular complexity index is 649. The van der Waals surface area contributed by atoms with Crippen molar-refractivity contribution in [3.05, 3.63) is 60.2 Å². The van der Waals surface area contributed by atoms with E-state index < -0.39 is 6.36 Å². The van der Waals surface area contributed by atoms with Gasteiger partial charge in [-0.25, -0.2) is 0 Å². The summed E-state index contributed by atoms with van der Waals surface area (Å²) in [4.78, 5) is 2.36. The van der Waals surface area contributed by atoms with Crippen molar-refractivity contribution in [2.75, 3.05) is 18.0 Å². The number of hydrogen-bond donors (Lipinski definition) is 0. The Labute approximate surface area is 139 Å². The van der Waals surface area contributed by atoms with Crippen molar-refractivity contribution >= 4 is 5.69 Å². The molecule has 1 heterocycles. The summed E-state index contributed by atoms with van der Waals surface area (Å²) in [5.74, 6) is 0.354. The number of halogens is 3. The average Bonchev–Trinajstić information content (AvgIpc) is 2.55. The zero-order chi connectivity index (χ0) is 17.0. The van der Waals surface area contributed by atoms with Crippen LogP contribution >= 0.6 is 0 Å². The molecular formula is C19H20F3NO. The van der Waals surface area contributed by atoms with Gasteiger partial charge in [0.25, 0.3) is 0 Å². The topological polar surface area (TPSA) is 12.5 Å². The normalized spacial score (nSPS) is 16.2. The van der Waals surface area contributed by atoms with Crippen LogP contribution < -0.4 is 9.64 Å². The van der Waals surface area contributed by atoms with Gasteiger partial charge in [0.2, 0.25) is 0 Å². The fraction of sp³-hybridized carbons (Fsp3) is 0.368. The molecule has 2 aromatic carbocycles. The maximum absolute atomic E-state index is 12.3. The zero-order valence-corrected chi connectivity index (χ0v) is 13.3. The van der Waals surface area contributed by atoms with Crippen LogP contribution in [0.1, 0.15) is 18.4 Å². The zero-order valence-electron chi connectivity index (χ0n) is 13.3. The van der Waals surface area contributed by atoms with Gasteiger partial charge in [-0.1, -0.05) is 30.3 Å². The molecular weight excluding hydrogens is 315 g/mol. The van der Waals surface area contributed by atoms with Crippen molar-refractivity contribution in [2.24, 2.45) is 5.92 Å². The Morgan fingerprint density at radius 1 is 0.958 bits per heavy atom. The van der Waals surface area contributed by atoms with Gasteiger partial charge in [0.15, 0.2) is 0 Å². The monoisotopic (exact) mass is 335 g/mol. The van der Waals surface area contributed by atoms with E-state index in [1.807, 2.05) is 24.3 Å². The minimum Gasteiger partial charge on any atom is -0.406 e. The number of hydrogen-bond acceptors (Lipinski definition) is 2. The fourth-order valence-corrected chi connectivity index (χ4v) is 3.24. The highest BCUT2D eigenvalue weighted by atomic mass is 19.4. The second-order valence-corrected chi connectivity index (χ2v) is 6.17. The Morgan fingerprint density at radius 3 is 2.33 bits per heavy atom. The number of rotatable bonds is 4. The van der Waals surface area contributed by atoms with Crippen LogP contribution in [0.3, 0.4) is 0 Å². The molecule has 1 fully saturated rings. The molecule has 2 nitrogen and oxygen atoms in total. The lowest BCUT2D eigenvalue weighted by Crippen LogP contribution is -2.34. The SMILES string of the molecule is FC(F)(F)Oc1cccc(CC2CCN(c3ccccc3)CC2)c1. The molecule has 2 aromatic rings. The summed E-state index contributed by atoms with van der Waals surface area (Å²) >= 11 is 0. The van der Waals surface area contributed by atoms with Crippen LogP contribution in [0.25, 0.3) is 0 Å². The molecule has 0 radical (unpaired) electrons. The average molecular weight is 335 g/mol. The molecule has 0 saturated carbocycles. The standard InChI is InChI=1S/C19H20F3NO/c20-19(21,22)24-18-8-4-5-16(14-18)13-15-9-11-23(12-10-15)17-6-2-1-3-7-17/h1-8,14-15H,9-13H2. The van der Waals surface area contributed by atoms with E-state index in [0.717, 1.165) is 37.9 Å². The molecule has 0 amide bonds. The summed E-state index contributed by atoms with van der Waals surface area (Å²) in [6.07, 6.45) is -1.77. The van der Waals surface area contributed by atoms with Gasteiger partial charge in [0.05, 0.1) is 0 Å². The second-order valence-electron chi connectivity index (χ2n) is 6.17. The summed E-state index contributed by atoms with van der Waals surface area (Å²) in [7, 11) is 0. The van der Waals surface area contributed by atoms with Gasteiger partial charge in [0.1, 0.15) is 5.75 Å². The summed E-state index contributed by atoms with van der Waals surface area (Å²) in [5.41, 5.74) is 2.13. The molecule has 0 aliphatic carbocycles. The molecule has 0 aromatic heterocycles. The predicted molar refractivity (Wildman–Crippen MR) is 88.2 cm³/mol. The number of piperidine rings is 1. The third-order valence-electron chi connectivity index (χ3n) is 4.39. The van der Waals surface area contributed by atoms with Crippen LogP contribution in [-0.2, 0) is 6.42 Å². The molecule has 0 N–H and O–H groups in total. The number of para-hydroxylation sites is 1. The first-order valence-corrected chi connectivity index (χ1v) is 8.14. The number of anilines is 1. The smallest absolute Gasteiger partial charge is 0.406 e. The number of nitrogens with zero attached hydrogens (tertiary/aromatic N) is 1. The molecule has 1 aliphatic heterocycles.